The van der Waals surface area contributed by atoms with E-state index in [9.17, 15) is 82.4 Å². The number of carbonyl (C=O) groups excluding carboxylic acids is 3. The van der Waals surface area contributed by atoms with Gasteiger partial charge in [-0.05, 0) is 190 Å². The Balaban J connectivity index is 0.00000133. The number of benzene rings is 4. The lowest BCUT2D eigenvalue weighted by atomic mass is 9.81. The highest BCUT2D eigenvalue weighted by molar-refractivity contribution is 7.17. The van der Waals surface area contributed by atoms with Crippen molar-refractivity contribution in [1.29, 1.82) is 0 Å². The molecule has 4 aromatic carbocycles. The summed E-state index contributed by atoms with van der Waals surface area (Å²) in [5, 5.41) is 38.4. The summed E-state index contributed by atoms with van der Waals surface area (Å²) in [6.07, 6.45) is -5.72. The van der Waals surface area contributed by atoms with Gasteiger partial charge in [0.15, 0.2) is 23.3 Å². The second-order valence-electron chi connectivity index (χ2n) is 27.8. The van der Waals surface area contributed by atoms with E-state index in [1.165, 1.54) is 106 Å². The van der Waals surface area contributed by atoms with Gasteiger partial charge in [-0.25, -0.2) is 50.7 Å². The molecule has 6 atom stereocenters. The fourth-order valence-electron chi connectivity index (χ4n) is 11.2. The molecule has 2 saturated heterocycles. The molecule has 18 nitrogen and oxygen atoms in total. The maximum absolute atomic E-state index is 13.2. The number of halogens is 12. The van der Waals surface area contributed by atoms with Gasteiger partial charge in [0, 0.05) is 67.8 Å². The van der Waals surface area contributed by atoms with Crippen LogP contribution in [-0.2, 0) is 70.1 Å². The fraction of sp³-hybridized carbons (Fsp3) is 0.607. The van der Waals surface area contributed by atoms with Gasteiger partial charge >= 0.3 is 30.4 Å². The van der Waals surface area contributed by atoms with Gasteiger partial charge in [-0.15, -0.1) is 22.7 Å². The van der Waals surface area contributed by atoms with Crippen LogP contribution in [0.3, 0.4) is 0 Å². The molecule has 1 amide bonds. The van der Waals surface area contributed by atoms with Crippen LogP contribution >= 0.6 is 22.7 Å². The number of esters is 2. The van der Waals surface area contributed by atoms with Gasteiger partial charge in [-0.2, -0.15) is 26.3 Å². The van der Waals surface area contributed by atoms with E-state index in [4.69, 9.17) is 38.3 Å². The van der Waals surface area contributed by atoms with E-state index in [1.54, 1.807) is 74.4 Å². The van der Waals surface area contributed by atoms with E-state index in [1.807, 2.05) is 13.8 Å². The normalized spacial score (nSPS) is 17.0. The molecule has 0 radical (unpaired) electrons. The molecule has 116 heavy (non-hydrogen) atoms. The Labute approximate surface area is 685 Å². The Hall–Kier alpha value is -6.85. The second kappa shape index (κ2) is 54.3. The van der Waals surface area contributed by atoms with Crippen molar-refractivity contribution in [2.75, 3.05) is 72.4 Å². The van der Waals surface area contributed by atoms with Crippen molar-refractivity contribution in [2.24, 2.45) is 11.8 Å². The zero-order valence-corrected chi connectivity index (χ0v) is 70.2. The van der Waals surface area contributed by atoms with Crippen molar-refractivity contribution in [2.45, 2.75) is 253 Å². The van der Waals surface area contributed by atoms with Crippen LogP contribution in [0.5, 0.6) is 0 Å². The molecule has 6 aromatic rings. The average Bonchev–Trinajstić information content (AvgIpc) is 0.957. The third-order valence-electron chi connectivity index (χ3n) is 17.4. The predicted molar refractivity (Wildman–Crippen MR) is 429 cm³/mol. The molecule has 3 aliphatic rings. The number of thiazole rings is 2. The minimum Gasteiger partial charge on any atom is -0.464 e. The number of amides is 1. The monoisotopic (exact) mass is 1700 g/mol. The van der Waals surface area contributed by atoms with E-state index in [2.05, 4.69) is 42.6 Å². The number of ether oxygens (including phenoxy) is 7. The van der Waals surface area contributed by atoms with Crippen LogP contribution in [0.4, 0.5) is 57.5 Å². The lowest BCUT2D eigenvalue weighted by molar-refractivity contribution is -0.176. The smallest absolute Gasteiger partial charge is 0.416 e. The Bertz CT molecular complexity index is 3800. The second-order valence-corrected chi connectivity index (χ2v) is 29.8. The quantitative estimate of drug-likeness (QED) is 0.0227. The van der Waals surface area contributed by atoms with E-state index in [0.717, 1.165) is 53.3 Å². The molecule has 660 valence electrons. The Morgan fingerprint density at radius 1 is 0.586 bits per heavy atom. The molecular formula is C84H124F12N4O14S2. The van der Waals surface area contributed by atoms with Gasteiger partial charge in [0.25, 0.3) is 0 Å². The zero-order chi connectivity index (χ0) is 86.5. The van der Waals surface area contributed by atoms with Gasteiger partial charge in [0.1, 0.15) is 50.4 Å². The first kappa shape index (κ1) is 109. The average molecular weight is 1710 g/mol. The molecule has 4 heterocycles. The van der Waals surface area contributed by atoms with Gasteiger partial charge in [0.2, 0.25) is 0 Å². The third-order valence-corrected chi connectivity index (χ3v) is 19.7. The zero-order valence-electron chi connectivity index (χ0n) is 68.6. The number of aryl methyl sites for hydroxylation is 4. The number of aromatic nitrogens is 2. The first-order chi connectivity index (χ1) is 53.5. The minimum absolute atomic E-state index is 0. The Morgan fingerprint density at radius 3 is 1.49 bits per heavy atom. The molecule has 32 heteroatoms. The summed E-state index contributed by atoms with van der Waals surface area (Å²) < 4.78 is 191. The highest BCUT2D eigenvalue weighted by Crippen LogP contribution is 2.39. The van der Waals surface area contributed by atoms with Gasteiger partial charge < -0.3 is 58.5 Å². The van der Waals surface area contributed by atoms with Crippen molar-refractivity contribution in [3.05, 3.63) is 150 Å². The van der Waals surface area contributed by atoms with Crippen molar-refractivity contribution in [3.8, 4) is 21.1 Å². The molecule has 1 aliphatic carbocycles. The number of aliphatic hydroxyl groups is 4. The van der Waals surface area contributed by atoms with Crippen LogP contribution in [0.2, 0.25) is 0 Å². The van der Waals surface area contributed by atoms with Crippen molar-refractivity contribution in [3.63, 3.8) is 0 Å². The summed E-state index contributed by atoms with van der Waals surface area (Å²) >= 11 is 2.41. The molecular weight excluding hydrogens is 1580 g/mol. The molecule has 2 aliphatic heterocycles. The van der Waals surface area contributed by atoms with Crippen molar-refractivity contribution >= 4 is 40.7 Å². The lowest BCUT2D eigenvalue weighted by Crippen LogP contribution is -2.55. The van der Waals surface area contributed by atoms with Gasteiger partial charge in [-0.3, -0.25) is 4.90 Å². The highest BCUT2D eigenvalue weighted by Gasteiger charge is 2.43. The van der Waals surface area contributed by atoms with Crippen LogP contribution in [0.15, 0.2) is 54.6 Å². The molecule has 2 aromatic heterocycles. The number of hydrogen-bond donors (Lipinski definition) is 4. The summed E-state index contributed by atoms with van der Waals surface area (Å²) in [6, 6.07) is 11.6. The van der Waals surface area contributed by atoms with E-state index in [0.29, 0.717) is 84.1 Å². The summed E-state index contributed by atoms with van der Waals surface area (Å²) in [4.78, 5) is 49.0. The van der Waals surface area contributed by atoms with Crippen molar-refractivity contribution < 1.29 is 121 Å². The number of rotatable bonds is 21. The number of carbonyl (C=O) groups is 3. The SMILES string of the molecule is C.C.CCCC(C)C.CCN1CCCC1.CCOC(=O)C1CCCN1C(=O)OC(C)(C)C.CCOC(=O)c1sc(-c2ccc(C)c(C(F)(F)F)c2)nc1C.CCOC1CC(CO)C(O)C(O)C1O.CCOCc1c(F)c(F)c(C)c(F)c1F.CCOCc1c(F)cccc1F.CCOCc1sc(-c2ccc(C)c(C(F)(F)F)c2)nc1C. The molecule has 9 rings (SSSR count). The van der Waals surface area contributed by atoms with Crippen molar-refractivity contribution in [1.82, 2.24) is 19.8 Å². The maximum Gasteiger partial charge on any atom is 0.416 e. The third kappa shape index (κ3) is 36.0. The van der Waals surface area contributed by atoms with Gasteiger partial charge in [-0.1, -0.05) is 85.7 Å². The number of alkyl halides is 6. The maximum atomic E-state index is 13.2. The van der Waals surface area contributed by atoms with Crippen LogP contribution in [-0.4, -0.2) is 167 Å². The van der Waals surface area contributed by atoms with E-state index < -0.39 is 130 Å². The lowest BCUT2D eigenvalue weighted by Gasteiger charge is -2.39. The van der Waals surface area contributed by atoms with E-state index in [-0.39, 0.29) is 63.9 Å². The highest BCUT2D eigenvalue weighted by atomic mass is 32.1. The van der Waals surface area contributed by atoms with Crippen LogP contribution in [0.1, 0.15) is 215 Å². The molecule has 0 bridgehead atoms. The molecule has 4 N–H and O–H groups in total. The Kier molecular flexibility index (Phi) is 51.1. The van der Waals surface area contributed by atoms with Gasteiger partial charge in [0.05, 0.1) is 78.2 Å². The largest absolute Gasteiger partial charge is 0.464 e. The number of likely N-dealkylation sites (tertiary alicyclic amines) is 2. The summed E-state index contributed by atoms with van der Waals surface area (Å²) in [5.41, 5.74) is -0.782. The number of aliphatic hydroxyl groups excluding tert-OH is 4. The summed E-state index contributed by atoms with van der Waals surface area (Å²) in [7, 11) is 0. The molecule has 0 spiro atoms. The topological polar surface area (TPSA) is 229 Å². The first-order valence-corrected chi connectivity index (χ1v) is 39.7. The molecule has 6 unspecified atom stereocenters. The number of hydrogen-bond acceptors (Lipinski definition) is 19. The minimum atomic E-state index is -4.42. The van der Waals surface area contributed by atoms with E-state index >= 15 is 0 Å². The van der Waals surface area contributed by atoms with Crippen LogP contribution in [0.25, 0.3) is 21.1 Å². The molecule has 1 saturated carbocycles. The summed E-state index contributed by atoms with van der Waals surface area (Å²) in [6.45, 7) is 38.7. The number of nitrogens with zero attached hydrogens (tertiary/aromatic N) is 4. The van der Waals surface area contributed by atoms with Crippen LogP contribution in [0, 0.1) is 81.4 Å². The van der Waals surface area contributed by atoms with Crippen LogP contribution < -0.4 is 0 Å². The Morgan fingerprint density at radius 2 is 1.07 bits per heavy atom. The predicted octanol–water partition coefficient (Wildman–Crippen LogP) is 20.4. The fourth-order valence-corrected chi connectivity index (χ4v) is 13.2. The molecule has 3 fully saturated rings. The first-order valence-electron chi connectivity index (χ1n) is 38.1. The summed E-state index contributed by atoms with van der Waals surface area (Å²) in [5.74, 6) is -7.00. The standard InChI is InChI=1S/C15H14F3NO2S.C15H16F3NOS.C12H21NO4.C10H10F4O.C9H10F2O.C9H18O5.C6H13N.C6H14.2CH4/c1-4-21-14(20)12-9(3)19-13(22-12)10-6-5-8(2)11(7-10)15(16,17)18;1-4-20-8-13-10(3)19-14(21-13)11-6-5-9(2)12(7-11)15(16,17)18;1-5-16-10(14)9-7-6-8-13(9)11(15)17-12(2,3)4;1-3-15-4-6-9(13)7(11)5(2)8(12)10(6)14;1-2-12-6-7-8(10)4-3-5-9(7)11;1-2-14-6-3-5(4-10)7(11)9(13)8(6)12;1-2-7-5-3-4-6-7;1-4-5-6(2)3;;/h5-7H,4H2,1-3H3;5-7H,4,8H2,1-3H3;9H,5-8H2,1-4H3;3-4H2,1-2H3;3-5H,2,6H2,1H3;5-13H,2-4H2,1H3;2-6H2,1H3;6H,4-5H2,1-3H3;2*1H4.